The normalized spacial score (nSPS) is 9.78. The number of carbonyl (C=O) groups excluding carboxylic acids is 1. The minimum Gasteiger partial charge on any atom is -0.370 e. The average Bonchev–Trinajstić information content (AvgIpc) is 2.78. The molecule has 0 atom stereocenters. The van der Waals surface area contributed by atoms with Crippen LogP contribution >= 0.6 is 0 Å². The molecule has 0 fully saturated rings. The number of hydrogen-bond donors (Lipinski definition) is 3. The molecule has 92 valence electrons. The van der Waals surface area contributed by atoms with Gasteiger partial charge < -0.3 is 21.3 Å². The van der Waals surface area contributed by atoms with Crippen molar-refractivity contribution < 1.29 is 9.32 Å². The summed E-state index contributed by atoms with van der Waals surface area (Å²) in [5.74, 6) is -0.894. The summed E-state index contributed by atoms with van der Waals surface area (Å²) in [4.78, 5) is 18.9. The second-order valence-corrected chi connectivity index (χ2v) is 3.26. The Morgan fingerprint density at radius 1 is 1.28 bits per heavy atom. The fourth-order valence-electron chi connectivity index (χ4n) is 1.17. The van der Waals surface area contributed by atoms with E-state index in [4.69, 9.17) is 11.5 Å². The topological polar surface area (TPSA) is 132 Å². The van der Waals surface area contributed by atoms with Crippen LogP contribution < -0.4 is 16.8 Å². The van der Waals surface area contributed by atoms with Gasteiger partial charge in [-0.1, -0.05) is 18.2 Å². The Balaban J connectivity index is 2.10. The molecule has 0 spiro atoms. The third-order valence-corrected chi connectivity index (χ3v) is 1.87. The van der Waals surface area contributed by atoms with Crippen molar-refractivity contribution in [3.8, 4) is 0 Å². The van der Waals surface area contributed by atoms with Crippen LogP contribution in [0.5, 0.6) is 0 Å². The van der Waals surface area contributed by atoms with Gasteiger partial charge in [-0.25, -0.2) is 0 Å². The lowest BCUT2D eigenvalue weighted by molar-refractivity contribution is 0.101. The third kappa shape index (κ3) is 2.82. The highest BCUT2D eigenvalue weighted by Gasteiger charge is 2.14. The zero-order valence-corrected chi connectivity index (χ0v) is 9.20. The molecule has 1 amide bonds. The number of rotatable bonds is 3. The van der Waals surface area contributed by atoms with Gasteiger partial charge in [-0.3, -0.25) is 4.79 Å². The van der Waals surface area contributed by atoms with Crippen LogP contribution in [0.3, 0.4) is 0 Å². The molecule has 0 saturated carbocycles. The summed E-state index contributed by atoms with van der Waals surface area (Å²) < 4.78 is 4.66. The molecule has 1 aromatic heterocycles. The van der Waals surface area contributed by atoms with Crippen LogP contribution in [0.2, 0.25) is 0 Å². The number of nitrogens with one attached hydrogen (secondary N) is 1. The van der Waals surface area contributed by atoms with Gasteiger partial charge in [-0.05, 0) is 17.3 Å². The van der Waals surface area contributed by atoms with E-state index < -0.39 is 5.91 Å². The van der Waals surface area contributed by atoms with E-state index in [2.05, 4.69) is 25.0 Å². The first-order chi connectivity index (χ1) is 8.65. The van der Waals surface area contributed by atoms with Crippen LogP contribution in [0, 0.1) is 0 Å². The first-order valence-corrected chi connectivity index (χ1v) is 4.95. The molecule has 0 saturated heterocycles. The van der Waals surface area contributed by atoms with E-state index >= 15 is 0 Å². The Hall–Kier alpha value is -2.90. The Morgan fingerprint density at radius 3 is 2.67 bits per heavy atom. The van der Waals surface area contributed by atoms with Crippen LogP contribution in [0.25, 0.3) is 0 Å². The lowest BCUT2D eigenvalue weighted by Gasteiger charge is -1.99. The number of hydrogen-bond acceptors (Lipinski definition) is 5. The number of anilines is 1. The maximum atomic E-state index is 11.7. The van der Waals surface area contributed by atoms with Crippen LogP contribution in [-0.4, -0.2) is 22.0 Å². The quantitative estimate of drug-likeness (QED) is 0.524. The van der Waals surface area contributed by atoms with Crippen molar-refractivity contribution >= 4 is 23.6 Å². The van der Waals surface area contributed by atoms with Gasteiger partial charge in [0, 0.05) is 5.69 Å². The maximum absolute atomic E-state index is 11.7. The van der Waals surface area contributed by atoms with Gasteiger partial charge in [0.2, 0.25) is 0 Å². The number of nitrogens with zero attached hydrogens (tertiary/aromatic N) is 3. The minimum atomic E-state index is -0.512. The van der Waals surface area contributed by atoms with Crippen molar-refractivity contribution in [2.45, 2.75) is 0 Å². The summed E-state index contributed by atoms with van der Waals surface area (Å²) in [6.07, 6.45) is 0. The van der Waals surface area contributed by atoms with Gasteiger partial charge in [-0.2, -0.15) is 9.98 Å². The predicted octanol–water partition coefficient (Wildman–Crippen LogP) is 0.227. The molecule has 8 heteroatoms. The van der Waals surface area contributed by atoms with Crippen molar-refractivity contribution in [2.75, 3.05) is 5.32 Å². The fourth-order valence-corrected chi connectivity index (χ4v) is 1.17. The Bertz CT molecular complexity index is 573. The molecule has 0 unspecified atom stereocenters. The number of aromatic nitrogens is 2. The molecule has 2 aromatic rings. The number of guanidine groups is 1. The second kappa shape index (κ2) is 4.95. The van der Waals surface area contributed by atoms with E-state index in [0.717, 1.165) is 0 Å². The second-order valence-electron chi connectivity index (χ2n) is 3.26. The smallest absolute Gasteiger partial charge is 0.351 e. The van der Waals surface area contributed by atoms with Crippen molar-refractivity contribution in [1.29, 1.82) is 0 Å². The number of para-hydroxylation sites is 1. The largest absolute Gasteiger partial charge is 0.370 e. The van der Waals surface area contributed by atoms with E-state index in [1.165, 1.54) is 0 Å². The van der Waals surface area contributed by atoms with Gasteiger partial charge in [-0.15, -0.1) is 0 Å². The molecule has 8 nitrogen and oxygen atoms in total. The Morgan fingerprint density at radius 2 is 2.00 bits per heavy atom. The van der Waals surface area contributed by atoms with E-state index in [-0.39, 0.29) is 17.8 Å². The summed E-state index contributed by atoms with van der Waals surface area (Å²) >= 11 is 0. The molecular formula is C10H10N6O2. The molecule has 0 bridgehead atoms. The molecule has 0 aliphatic heterocycles. The number of benzene rings is 1. The van der Waals surface area contributed by atoms with Gasteiger partial charge in [0.15, 0.2) is 5.96 Å². The lowest BCUT2D eigenvalue weighted by atomic mass is 10.3. The highest BCUT2D eigenvalue weighted by atomic mass is 16.5. The fraction of sp³-hybridized carbons (Fsp3) is 0. The molecule has 1 heterocycles. The monoisotopic (exact) mass is 246 g/mol. The van der Waals surface area contributed by atoms with E-state index in [0.29, 0.717) is 5.69 Å². The molecule has 1 aromatic carbocycles. The number of amides is 1. The van der Waals surface area contributed by atoms with Crippen LogP contribution in [0.1, 0.15) is 10.6 Å². The number of carbonyl (C=O) groups is 1. The standard InChI is InChI=1S/C10H10N6O2/c11-9(12)15-10-14-7(16-18-10)8(17)13-6-4-2-1-3-5-6/h1-5H,(H,13,17)(H4,11,12,14,15,16). The van der Waals surface area contributed by atoms with E-state index in [1.54, 1.807) is 24.3 Å². The zero-order valence-electron chi connectivity index (χ0n) is 9.20. The molecule has 0 aliphatic carbocycles. The SMILES string of the molecule is NC(N)=Nc1nc(C(=O)Nc2ccccc2)no1. The molecular weight excluding hydrogens is 236 g/mol. The van der Waals surface area contributed by atoms with E-state index in [1.807, 2.05) is 6.07 Å². The van der Waals surface area contributed by atoms with Gasteiger partial charge in [0.05, 0.1) is 0 Å². The molecule has 0 radical (unpaired) electrons. The first-order valence-electron chi connectivity index (χ1n) is 4.95. The van der Waals surface area contributed by atoms with Crippen molar-refractivity contribution in [2.24, 2.45) is 16.5 Å². The summed E-state index contributed by atoms with van der Waals surface area (Å²) in [6.45, 7) is 0. The summed E-state index contributed by atoms with van der Waals surface area (Å²) in [5, 5.41) is 6.04. The van der Waals surface area contributed by atoms with Crippen LogP contribution in [-0.2, 0) is 0 Å². The number of aliphatic imine (C=N–C) groups is 1. The number of nitrogens with two attached hydrogens (primary N) is 2. The summed E-state index contributed by atoms with van der Waals surface area (Å²) in [7, 11) is 0. The van der Waals surface area contributed by atoms with Gasteiger partial charge >= 0.3 is 6.01 Å². The van der Waals surface area contributed by atoms with Crippen molar-refractivity contribution in [3.63, 3.8) is 0 Å². The third-order valence-electron chi connectivity index (χ3n) is 1.87. The van der Waals surface area contributed by atoms with Gasteiger partial charge in [0.25, 0.3) is 11.7 Å². The maximum Gasteiger partial charge on any atom is 0.351 e. The molecule has 5 N–H and O–H groups in total. The predicted molar refractivity (Wildman–Crippen MR) is 64.2 cm³/mol. The highest BCUT2D eigenvalue weighted by Crippen LogP contribution is 2.10. The van der Waals surface area contributed by atoms with Crippen LogP contribution in [0.15, 0.2) is 39.8 Å². The van der Waals surface area contributed by atoms with Crippen molar-refractivity contribution in [3.05, 3.63) is 36.2 Å². The average molecular weight is 246 g/mol. The Kier molecular flexibility index (Phi) is 3.19. The molecule has 0 aliphatic rings. The zero-order chi connectivity index (χ0) is 13.0. The summed E-state index contributed by atoms with van der Waals surface area (Å²) in [5.41, 5.74) is 10.9. The van der Waals surface area contributed by atoms with Crippen LogP contribution in [0.4, 0.5) is 11.7 Å². The van der Waals surface area contributed by atoms with E-state index in [9.17, 15) is 4.79 Å². The lowest BCUT2D eigenvalue weighted by Crippen LogP contribution is -2.21. The summed E-state index contributed by atoms with van der Waals surface area (Å²) in [6, 6.07) is 8.70. The van der Waals surface area contributed by atoms with Crippen molar-refractivity contribution in [1.82, 2.24) is 10.1 Å². The molecule has 2 rings (SSSR count). The first kappa shape index (κ1) is 11.6. The molecule has 18 heavy (non-hydrogen) atoms. The highest BCUT2D eigenvalue weighted by molar-refractivity contribution is 6.01. The minimum absolute atomic E-state index is 0.154. The Labute approximate surface area is 102 Å². The van der Waals surface area contributed by atoms with Gasteiger partial charge in [0.1, 0.15) is 0 Å².